The summed E-state index contributed by atoms with van der Waals surface area (Å²) in [5, 5.41) is 3.24. The molecule has 0 aromatic heterocycles. The SMILES string of the molecule is CNCCC1CCN(CC(=O)N2CCCc3cc(OC)ccc32)CC1.Cl. The summed E-state index contributed by atoms with van der Waals surface area (Å²) in [6.45, 7) is 4.56. The molecule has 0 atom stereocenters. The van der Waals surface area contributed by atoms with Gasteiger partial charge in [-0.25, -0.2) is 0 Å². The van der Waals surface area contributed by atoms with Crippen molar-refractivity contribution in [2.45, 2.75) is 32.1 Å². The highest BCUT2D eigenvalue weighted by atomic mass is 35.5. The molecule has 2 heterocycles. The fourth-order valence-corrected chi connectivity index (χ4v) is 4.02. The monoisotopic (exact) mass is 381 g/mol. The number of methoxy groups -OCH3 is 1. The molecule has 2 aliphatic heterocycles. The van der Waals surface area contributed by atoms with Crippen LogP contribution in [-0.2, 0) is 11.2 Å². The number of ether oxygens (including phenoxy) is 1. The lowest BCUT2D eigenvalue weighted by molar-refractivity contribution is -0.120. The predicted molar refractivity (Wildman–Crippen MR) is 109 cm³/mol. The standard InChI is InChI=1S/C20H31N3O2.ClH/c1-21-10-7-16-8-12-22(13-9-16)15-20(24)23-11-3-4-17-14-18(25-2)5-6-19(17)23;/h5-6,14,16,21H,3-4,7-13,15H2,1-2H3;1H. The highest BCUT2D eigenvalue weighted by Crippen LogP contribution is 2.31. The Morgan fingerprint density at radius 2 is 2.04 bits per heavy atom. The van der Waals surface area contributed by atoms with Crippen LogP contribution in [0.3, 0.4) is 0 Å². The number of carbonyl (C=O) groups is 1. The first-order valence-electron chi connectivity index (χ1n) is 9.55. The van der Waals surface area contributed by atoms with Crippen molar-refractivity contribution < 1.29 is 9.53 Å². The molecule has 1 saturated heterocycles. The molecule has 1 aromatic carbocycles. The summed E-state index contributed by atoms with van der Waals surface area (Å²) in [5.74, 6) is 1.92. The highest BCUT2D eigenvalue weighted by molar-refractivity contribution is 5.96. The van der Waals surface area contributed by atoms with Crippen molar-refractivity contribution in [3.63, 3.8) is 0 Å². The number of piperidine rings is 1. The normalized spacial score (nSPS) is 18.2. The van der Waals surface area contributed by atoms with Crippen molar-refractivity contribution in [1.29, 1.82) is 0 Å². The quantitative estimate of drug-likeness (QED) is 0.822. The van der Waals surface area contributed by atoms with Gasteiger partial charge in [0.2, 0.25) is 5.91 Å². The maximum Gasteiger partial charge on any atom is 0.241 e. The van der Waals surface area contributed by atoms with Gasteiger partial charge in [0.05, 0.1) is 13.7 Å². The molecular formula is C20H32ClN3O2. The van der Waals surface area contributed by atoms with Crippen molar-refractivity contribution in [2.75, 3.05) is 51.8 Å². The lowest BCUT2D eigenvalue weighted by atomic mass is 9.93. The summed E-state index contributed by atoms with van der Waals surface area (Å²) in [6, 6.07) is 6.06. The number of fused-ring (bicyclic) bond motifs is 1. The number of likely N-dealkylation sites (tertiary alicyclic amines) is 1. The molecule has 0 unspecified atom stereocenters. The van der Waals surface area contributed by atoms with Gasteiger partial charge < -0.3 is 15.0 Å². The first kappa shape index (κ1) is 21.0. The van der Waals surface area contributed by atoms with Gasteiger partial charge in [0, 0.05) is 12.2 Å². The van der Waals surface area contributed by atoms with E-state index in [4.69, 9.17) is 4.74 Å². The molecule has 0 saturated carbocycles. The molecular weight excluding hydrogens is 350 g/mol. The van der Waals surface area contributed by atoms with Crippen LogP contribution in [0.1, 0.15) is 31.2 Å². The van der Waals surface area contributed by atoms with E-state index in [1.165, 1.54) is 24.8 Å². The van der Waals surface area contributed by atoms with Crippen LogP contribution in [0.4, 0.5) is 5.69 Å². The molecule has 0 spiro atoms. The van der Waals surface area contributed by atoms with Gasteiger partial charge in [0.1, 0.15) is 5.75 Å². The maximum absolute atomic E-state index is 12.9. The average molecular weight is 382 g/mol. The van der Waals surface area contributed by atoms with E-state index >= 15 is 0 Å². The predicted octanol–water partition coefficient (Wildman–Crippen LogP) is 2.72. The zero-order valence-corrected chi connectivity index (χ0v) is 16.8. The van der Waals surface area contributed by atoms with Crippen LogP contribution in [0.5, 0.6) is 5.75 Å². The van der Waals surface area contributed by atoms with Crippen LogP contribution < -0.4 is 15.0 Å². The molecule has 5 nitrogen and oxygen atoms in total. The summed E-state index contributed by atoms with van der Waals surface area (Å²) < 4.78 is 5.32. The first-order valence-corrected chi connectivity index (χ1v) is 9.55. The van der Waals surface area contributed by atoms with Gasteiger partial charge in [-0.2, -0.15) is 0 Å². The Labute approximate surface area is 163 Å². The summed E-state index contributed by atoms with van der Waals surface area (Å²) >= 11 is 0. The lowest BCUT2D eigenvalue weighted by Crippen LogP contribution is -2.45. The van der Waals surface area contributed by atoms with Gasteiger partial charge in [-0.3, -0.25) is 9.69 Å². The van der Waals surface area contributed by atoms with E-state index in [0.29, 0.717) is 6.54 Å². The molecule has 1 N–H and O–H groups in total. The molecule has 1 amide bonds. The number of rotatable bonds is 6. The van der Waals surface area contributed by atoms with E-state index in [2.05, 4.69) is 16.3 Å². The maximum atomic E-state index is 12.9. The Morgan fingerprint density at radius 3 is 2.73 bits per heavy atom. The van der Waals surface area contributed by atoms with Gasteiger partial charge in [-0.15, -0.1) is 12.4 Å². The topological polar surface area (TPSA) is 44.8 Å². The van der Waals surface area contributed by atoms with Gasteiger partial charge in [-0.05, 0) is 88.5 Å². The fraction of sp³-hybridized carbons (Fsp3) is 0.650. The second kappa shape index (κ2) is 10.1. The van der Waals surface area contributed by atoms with E-state index in [-0.39, 0.29) is 18.3 Å². The Morgan fingerprint density at radius 1 is 1.27 bits per heavy atom. The molecule has 6 heteroatoms. The minimum atomic E-state index is 0. The van der Waals surface area contributed by atoms with E-state index in [9.17, 15) is 4.79 Å². The number of anilines is 1. The summed E-state index contributed by atoms with van der Waals surface area (Å²) in [6.07, 6.45) is 5.72. The van der Waals surface area contributed by atoms with Crippen molar-refractivity contribution in [3.8, 4) is 5.75 Å². The number of halogens is 1. The van der Waals surface area contributed by atoms with Gasteiger partial charge >= 0.3 is 0 Å². The number of hydrogen-bond donors (Lipinski definition) is 1. The molecule has 146 valence electrons. The molecule has 1 aromatic rings. The van der Waals surface area contributed by atoms with E-state index in [0.717, 1.165) is 56.4 Å². The minimum Gasteiger partial charge on any atom is -0.497 e. The molecule has 2 aliphatic rings. The first-order chi connectivity index (χ1) is 12.2. The van der Waals surface area contributed by atoms with Crippen molar-refractivity contribution in [2.24, 2.45) is 5.92 Å². The molecule has 0 radical (unpaired) electrons. The number of benzene rings is 1. The number of carbonyl (C=O) groups excluding carboxylic acids is 1. The second-order valence-corrected chi connectivity index (χ2v) is 7.26. The van der Waals surface area contributed by atoms with Gasteiger partial charge in [-0.1, -0.05) is 0 Å². The molecule has 0 bridgehead atoms. The van der Waals surface area contributed by atoms with E-state index in [1.807, 2.05) is 24.1 Å². The molecule has 26 heavy (non-hydrogen) atoms. The Kier molecular flexibility index (Phi) is 8.19. The minimum absolute atomic E-state index is 0. The number of nitrogens with one attached hydrogen (secondary N) is 1. The molecule has 3 rings (SSSR count). The third-order valence-corrected chi connectivity index (χ3v) is 5.57. The number of nitrogens with zero attached hydrogens (tertiary/aromatic N) is 2. The zero-order valence-electron chi connectivity index (χ0n) is 16.0. The van der Waals surface area contributed by atoms with Gasteiger partial charge in [0.15, 0.2) is 0 Å². The van der Waals surface area contributed by atoms with Crippen molar-refractivity contribution >= 4 is 24.0 Å². The van der Waals surface area contributed by atoms with Crippen LogP contribution >= 0.6 is 12.4 Å². The zero-order chi connectivity index (χ0) is 17.6. The van der Waals surface area contributed by atoms with Crippen LogP contribution in [0.15, 0.2) is 18.2 Å². The highest BCUT2D eigenvalue weighted by Gasteiger charge is 2.26. The number of amides is 1. The Bertz CT molecular complexity index is 588. The Balaban J connectivity index is 0.00000243. The second-order valence-electron chi connectivity index (χ2n) is 7.26. The average Bonchev–Trinajstić information content (AvgIpc) is 2.66. The summed E-state index contributed by atoms with van der Waals surface area (Å²) in [7, 11) is 3.70. The molecule has 0 aliphatic carbocycles. The van der Waals surface area contributed by atoms with Gasteiger partial charge in [0.25, 0.3) is 0 Å². The van der Waals surface area contributed by atoms with E-state index < -0.39 is 0 Å². The fourth-order valence-electron chi connectivity index (χ4n) is 4.02. The summed E-state index contributed by atoms with van der Waals surface area (Å²) in [5.41, 5.74) is 2.30. The third-order valence-electron chi connectivity index (χ3n) is 5.57. The van der Waals surface area contributed by atoms with Crippen LogP contribution in [-0.4, -0.2) is 57.7 Å². The van der Waals surface area contributed by atoms with Crippen molar-refractivity contribution in [3.05, 3.63) is 23.8 Å². The smallest absolute Gasteiger partial charge is 0.241 e. The third kappa shape index (κ3) is 5.12. The number of hydrogen-bond acceptors (Lipinski definition) is 4. The molecule has 1 fully saturated rings. The van der Waals surface area contributed by atoms with Crippen molar-refractivity contribution in [1.82, 2.24) is 10.2 Å². The lowest BCUT2D eigenvalue weighted by Gasteiger charge is -2.35. The Hall–Kier alpha value is -1.30. The van der Waals surface area contributed by atoms with E-state index in [1.54, 1.807) is 7.11 Å². The van der Waals surface area contributed by atoms with Crippen LogP contribution in [0.2, 0.25) is 0 Å². The number of aryl methyl sites for hydroxylation is 1. The summed E-state index contributed by atoms with van der Waals surface area (Å²) in [4.78, 5) is 17.2. The van der Waals surface area contributed by atoms with Crippen LogP contribution in [0.25, 0.3) is 0 Å². The largest absolute Gasteiger partial charge is 0.497 e. The van der Waals surface area contributed by atoms with Crippen LogP contribution in [0, 0.1) is 5.92 Å².